The zero-order chi connectivity index (χ0) is 31.0. The Morgan fingerprint density at radius 3 is 1.46 bits per heavy atom. The van der Waals surface area contributed by atoms with E-state index in [2.05, 4.69) is 119 Å². The maximum absolute atomic E-state index is 7.98. The van der Waals surface area contributed by atoms with Gasteiger partial charge in [-0.15, -0.1) is 0 Å². The predicted molar refractivity (Wildman–Crippen MR) is 193 cm³/mol. The lowest BCUT2D eigenvalue weighted by atomic mass is 9.85. The summed E-state index contributed by atoms with van der Waals surface area (Å²) in [5.41, 5.74) is 9.91. The van der Waals surface area contributed by atoms with Crippen LogP contribution in [0.4, 0.5) is 11.4 Å². The van der Waals surface area contributed by atoms with Gasteiger partial charge in [0.2, 0.25) is 0 Å². The largest absolute Gasteiger partial charge is 0.238 e. The van der Waals surface area contributed by atoms with Gasteiger partial charge in [0, 0.05) is 0 Å². The molecule has 0 atom stereocenters. The highest BCUT2D eigenvalue weighted by Crippen LogP contribution is 2.45. The Morgan fingerprint density at radius 2 is 0.848 bits per heavy atom. The maximum atomic E-state index is 7.98. The van der Waals surface area contributed by atoms with Crippen LogP contribution in [-0.2, 0) is 0 Å². The first-order chi connectivity index (χ1) is 22.7. The van der Waals surface area contributed by atoms with Crippen LogP contribution in [0, 0.1) is 13.1 Å². The van der Waals surface area contributed by atoms with Gasteiger partial charge in [-0.1, -0.05) is 127 Å². The summed E-state index contributed by atoms with van der Waals surface area (Å²) in [4.78, 5) is 7.66. The first-order valence-electron chi connectivity index (χ1n) is 15.2. The third-order valence-corrected chi connectivity index (χ3v) is 8.88. The molecular weight excluding hydrogens is 556 g/mol. The minimum absolute atomic E-state index is 0.619. The molecule has 0 saturated carbocycles. The molecule has 0 saturated heterocycles. The van der Waals surface area contributed by atoms with E-state index in [-0.39, 0.29) is 0 Å². The van der Waals surface area contributed by atoms with Crippen LogP contribution in [0.1, 0.15) is 0 Å². The van der Waals surface area contributed by atoms with Crippen LogP contribution in [0.2, 0.25) is 0 Å². The molecule has 0 aromatic heterocycles. The number of nitrogens with zero attached hydrogens (tertiary/aromatic N) is 2. The smallest absolute Gasteiger partial charge is 0.194 e. The molecule has 0 heterocycles. The van der Waals surface area contributed by atoms with Crippen LogP contribution >= 0.6 is 0 Å². The Labute approximate surface area is 268 Å². The molecule has 8 aromatic carbocycles. The Balaban J connectivity index is 1.52. The normalized spacial score (nSPS) is 11.0. The summed E-state index contributed by atoms with van der Waals surface area (Å²) >= 11 is 0. The molecule has 0 aliphatic rings. The van der Waals surface area contributed by atoms with Gasteiger partial charge in [0.1, 0.15) is 0 Å². The molecule has 8 aromatic rings. The average molecular weight is 583 g/mol. The van der Waals surface area contributed by atoms with Crippen LogP contribution in [0.25, 0.3) is 86.5 Å². The van der Waals surface area contributed by atoms with Crippen molar-refractivity contribution in [1.82, 2.24) is 0 Å². The summed E-state index contributed by atoms with van der Waals surface area (Å²) in [5, 5.41) is 6.77. The van der Waals surface area contributed by atoms with Crippen LogP contribution < -0.4 is 0 Å². The summed E-state index contributed by atoms with van der Waals surface area (Å²) in [5.74, 6) is 0. The second kappa shape index (κ2) is 11.2. The fraction of sp³-hybridized carbons (Fsp3) is 0. The van der Waals surface area contributed by atoms with Crippen LogP contribution in [0.5, 0.6) is 0 Å². The molecule has 0 spiro atoms. The van der Waals surface area contributed by atoms with Crippen molar-refractivity contribution < 1.29 is 0 Å². The molecule has 212 valence electrons. The highest BCUT2D eigenvalue weighted by Gasteiger charge is 2.17. The minimum Gasteiger partial charge on any atom is -0.238 e. The quantitative estimate of drug-likeness (QED) is 0.144. The standard InChI is InChI=1S/C44H26N2/c1-45-34-17-11-16-33(24-34)38-27-41-36-23-21-32(30-14-7-4-8-15-30)26-40(36)43(37-18-9-10-19-44(37)46-2)28-42(41)35-22-20-31(25-39(35)38)29-12-5-3-6-13-29/h3-28H. The van der Waals surface area contributed by atoms with E-state index in [0.717, 1.165) is 76.8 Å². The third-order valence-electron chi connectivity index (χ3n) is 8.88. The van der Waals surface area contributed by atoms with E-state index in [1.165, 1.54) is 0 Å². The number of hydrogen-bond acceptors (Lipinski definition) is 0. The lowest BCUT2D eigenvalue weighted by molar-refractivity contribution is 1.63. The topological polar surface area (TPSA) is 8.72 Å². The van der Waals surface area contributed by atoms with Crippen molar-refractivity contribution in [1.29, 1.82) is 0 Å². The second-order valence-corrected chi connectivity index (χ2v) is 11.5. The van der Waals surface area contributed by atoms with Crippen molar-refractivity contribution >= 4 is 43.7 Å². The number of hydrogen-bond donors (Lipinski definition) is 0. The molecule has 8 rings (SSSR count). The van der Waals surface area contributed by atoms with Crippen molar-refractivity contribution in [3.05, 3.63) is 181 Å². The Hall–Kier alpha value is -6.48. The first kappa shape index (κ1) is 27.1. The number of fused-ring (bicyclic) bond motifs is 5. The van der Waals surface area contributed by atoms with Crippen molar-refractivity contribution in [3.63, 3.8) is 0 Å². The highest BCUT2D eigenvalue weighted by atomic mass is 14.6. The molecule has 0 bridgehead atoms. The van der Waals surface area contributed by atoms with Gasteiger partial charge < -0.3 is 0 Å². The zero-order valence-corrected chi connectivity index (χ0v) is 24.9. The van der Waals surface area contributed by atoms with Crippen LogP contribution in [0.3, 0.4) is 0 Å². The van der Waals surface area contributed by atoms with Crippen LogP contribution in [0.15, 0.2) is 158 Å². The molecule has 0 N–H and O–H groups in total. The van der Waals surface area contributed by atoms with Gasteiger partial charge in [-0.05, 0) is 107 Å². The SMILES string of the molecule is [C-]#[N+]c1cccc(-c2cc3c4ccc(-c5ccccc5)cc4c(-c4ccccc4[N+]#[C-])cc3c3ccc(-c4ccccc4)cc23)c1. The molecule has 0 aliphatic carbocycles. The lowest BCUT2D eigenvalue weighted by Crippen LogP contribution is -1.91. The third kappa shape index (κ3) is 4.58. The fourth-order valence-corrected chi connectivity index (χ4v) is 6.67. The van der Waals surface area contributed by atoms with Gasteiger partial charge in [0.25, 0.3) is 0 Å². The Morgan fingerprint density at radius 1 is 0.304 bits per heavy atom. The van der Waals surface area contributed by atoms with Crippen LogP contribution in [-0.4, -0.2) is 0 Å². The summed E-state index contributed by atoms with van der Waals surface area (Å²) in [7, 11) is 0. The molecule has 46 heavy (non-hydrogen) atoms. The van der Waals surface area contributed by atoms with Crippen molar-refractivity contribution in [2.75, 3.05) is 0 Å². The van der Waals surface area contributed by atoms with Gasteiger partial charge in [-0.2, -0.15) is 0 Å². The number of benzene rings is 8. The van der Waals surface area contributed by atoms with Gasteiger partial charge in [0.15, 0.2) is 11.4 Å². The van der Waals surface area contributed by atoms with E-state index in [1.54, 1.807) is 0 Å². The summed E-state index contributed by atoms with van der Waals surface area (Å²) in [6.07, 6.45) is 0. The van der Waals surface area contributed by atoms with E-state index in [9.17, 15) is 0 Å². The minimum atomic E-state index is 0.619. The van der Waals surface area contributed by atoms with E-state index in [0.29, 0.717) is 11.4 Å². The molecule has 0 amide bonds. The van der Waals surface area contributed by atoms with E-state index < -0.39 is 0 Å². The van der Waals surface area contributed by atoms with Gasteiger partial charge in [-0.25, -0.2) is 9.69 Å². The van der Waals surface area contributed by atoms with Crippen molar-refractivity contribution in [2.24, 2.45) is 0 Å². The predicted octanol–water partition coefficient (Wildman–Crippen LogP) is 12.9. The number of rotatable bonds is 4. The molecule has 0 fully saturated rings. The average Bonchev–Trinajstić information content (AvgIpc) is 3.14. The van der Waals surface area contributed by atoms with E-state index in [1.807, 2.05) is 48.5 Å². The van der Waals surface area contributed by atoms with Gasteiger partial charge >= 0.3 is 0 Å². The molecule has 2 heteroatoms. The second-order valence-electron chi connectivity index (χ2n) is 11.5. The van der Waals surface area contributed by atoms with Gasteiger partial charge in [0.05, 0.1) is 13.1 Å². The molecule has 0 radical (unpaired) electrons. The maximum Gasteiger partial charge on any atom is 0.194 e. The monoisotopic (exact) mass is 582 g/mol. The molecule has 0 aliphatic heterocycles. The number of para-hydroxylation sites is 1. The molecule has 2 nitrogen and oxygen atoms in total. The lowest BCUT2D eigenvalue weighted by Gasteiger charge is -2.18. The Kier molecular flexibility index (Phi) is 6.61. The van der Waals surface area contributed by atoms with Crippen molar-refractivity contribution in [2.45, 2.75) is 0 Å². The zero-order valence-electron chi connectivity index (χ0n) is 24.9. The van der Waals surface area contributed by atoms with E-state index >= 15 is 0 Å². The summed E-state index contributed by atoms with van der Waals surface area (Å²) in [6.45, 7) is 15.7. The fourth-order valence-electron chi connectivity index (χ4n) is 6.67. The van der Waals surface area contributed by atoms with Crippen molar-refractivity contribution in [3.8, 4) is 44.5 Å². The summed E-state index contributed by atoms with van der Waals surface area (Å²) in [6, 6.07) is 54.7. The van der Waals surface area contributed by atoms with Gasteiger partial charge in [-0.3, -0.25) is 0 Å². The Bertz CT molecular complexity index is 2530. The highest BCUT2D eigenvalue weighted by molar-refractivity contribution is 6.25. The first-order valence-corrected chi connectivity index (χ1v) is 15.2. The summed E-state index contributed by atoms with van der Waals surface area (Å²) < 4.78 is 0. The molecular formula is C44H26N2. The molecule has 0 unspecified atom stereocenters. The van der Waals surface area contributed by atoms with E-state index in [4.69, 9.17) is 13.1 Å².